The quantitative estimate of drug-likeness (QED) is 0.646. The summed E-state index contributed by atoms with van der Waals surface area (Å²) in [7, 11) is 1.83. The molecule has 2 N–H and O–H groups in total. The molecule has 1 aromatic heterocycles. The average molecular weight is 294 g/mol. The van der Waals surface area contributed by atoms with Gasteiger partial charge in [0.05, 0.1) is 6.54 Å². The van der Waals surface area contributed by atoms with Gasteiger partial charge in [0.2, 0.25) is 0 Å². The third-order valence-electron chi connectivity index (χ3n) is 3.62. The highest BCUT2D eigenvalue weighted by molar-refractivity contribution is 7.11. The predicted octanol–water partition coefficient (Wildman–Crippen LogP) is 2.21. The van der Waals surface area contributed by atoms with Crippen molar-refractivity contribution in [2.24, 2.45) is 4.99 Å². The Balaban J connectivity index is 1.64. The Labute approximate surface area is 126 Å². The van der Waals surface area contributed by atoms with Crippen LogP contribution in [-0.4, -0.2) is 44.1 Å². The Hall–Kier alpha value is -1.07. The summed E-state index contributed by atoms with van der Waals surface area (Å²) in [6, 6.07) is 4.34. The average Bonchev–Trinajstić information content (AvgIpc) is 2.89. The van der Waals surface area contributed by atoms with Gasteiger partial charge >= 0.3 is 0 Å². The van der Waals surface area contributed by atoms with Gasteiger partial charge in [-0.15, -0.1) is 11.3 Å². The van der Waals surface area contributed by atoms with Crippen LogP contribution in [0.1, 0.15) is 29.0 Å². The monoisotopic (exact) mass is 294 g/mol. The number of hydrogen-bond acceptors (Lipinski definition) is 3. The van der Waals surface area contributed by atoms with Crippen molar-refractivity contribution in [3.8, 4) is 0 Å². The van der Waals surface area contributed by atoms with Gasteiger partial charge in [0, 0.05) is 29.9 Å². The molecule has 20 heavy (non-hydrogen) atoms. The lowest BCUT2D eigenvalue weighted by Gasteiger charge is -2.26. The Bertz CT molecular complexity index is 421. The number of guanidine groups is 1. The van der Waals surface area contributed by atoms with E-state index in [2.05, 4.69) is 39.6 Å². The van der Waals surface area contributed by atoms with Crippen molar-refractivity contribution < 1.29 is 0 Å². The van der Waals surface area contributed by atoms with Gasteiger partial charge in [0.25, 0.3) is 0 Å². The fourth-order valence-corrected chi connectivity index (χ4v) is 3.32. The first-order valence-corrected chi connectivity index (χ1v) is 8.32. The van der Waals surface area contributed by atoms with Crippen LogP contribution in [-0.2, 0) is 6.54 Å². The van der Waals surface area contributed by atoms with Gasteiger partial charge in [-0.3, -0.25) is 4.99 Å². The molecule has 112 valence electrons. The summed E-state index contributed by atoms with van der Waals surface area (Å²) in [5.74, 6) is 0.896. The highest BCUT2D eigenvalue weighted by Gasteiger charge is 2.09. The molecular weight excluding hydrogens is 268 g/mol. The number of thiophene rings is 1. The maximum atomic E-state index is 4.27. The van der Waals surface area contributed by atoms with E-state index in [1.165, 1.54) is 42.1 Å². The summed E-state index contributed by atoms with van der Waals surface area (Å²) in [6.07, 6.45) is 4.10. The first kappa shape index (κ1) is 15.3. The standard InChI is InChI=1S/C15H26N4S/c1-13-6-7-14(20-13)12-18-15(16-2)17-8-11-19-9-4-3-5-10-19/h6-7H,3-5,8-12H2,1-2H3,(H2,16,17,18). The molecule has 1 aliphatic rings. The van der Waals surface area contributed by atoms with Crippen molar-refractivity contribution in [2.45, 2.75) is 32.7 Å². The maximum absolute atomic E-state index is 4.27. The fourth-order valence-electron chi connectivity index (χ4n) is 2.49. The molecule has 0 saturated carbocycles. The normalized spacial score (nSPS) is 17.2. The van der Waals surface area contributed by atoms with Gasteiger partial charge < -0.3 is 15.5 Å². The van der Waals surface area contributed by atoms with Crippen molar-refractivity contribution in [2.75, 3.05) is 33.2 Å². The van der Waals surface area contributed by atoms with E-state index in [1.807, 2.05) is 18.4 Å². The second-order valence-corrected chi connectivity index (χ2v) is 6.64. The van der Waals surface area contributed by atoms with Crippen molar-refractivity contribution >= 4 is 17.3 Å². The van der Waals surface area contributed by atoms with E-state index < -0.39 is 0 Å². The summed E-state index contributed by atoms with van der Waals surface area (Å²) in [6.45, 7) is 7.56. The molecule has 0 aliphatic carbocycles. The molecule has 2 heterocycles. The first-order chi connectivity index (χ1) is 9.78. The summed E-state index contributed by atoms with van der Waals surface area (Å²) in [4.78, 5) is 9.51. The highest BCUT2D eigenvalue weighted by Crippen LogP contribution is 2.14. The van der Waals surface area contributed by atoms with E-state index >= 15 is 0 Å². The topological polar surface area (TPSA) is 39.7 Å². The molecule has 1 fully saturated rings. The lowest BCUT2D eigenvalue weighted by molar-refractivity contribution is 0.232. The third-order valence-corrected chi connectivity index (χ3v) is 4.62. The van der Waals surface area contributed by atoms with Gasteiger partial charge in [-0.2, -0.15) is 0 Å². The molecule has 1 saturated heterocycles. The summed E-state index contributed by atoms with van der Waals surface area (Å²) in [5.41, 5.74) is 0. The molecule has 4 nitrogen and oxygen atoms in total. The van der Waals surface area contributed by atoms with Crippen LogP contribution in [0.3, 0.4) is 0 Å². The number of aliphatic imine (C=N–C) groups is 1. The molecule has 0 unspecified atom stereocenters. The molecule has 2 rings (SSSR count). The molecule has 0 atom stereocenters. The molecule has 1 aromatic rings. The number of nitrogens with one attached hydrogen (secondary N) is 2. The van der Waals surface area contributed by atoms with Crippen LogP contribution in [0.25, 0.3) is 0 Å². The minimum absolute atomic E-state index is 0.849. The van der Waals surface area contributed by atoms with Crippen molar-refractivity contribution in [1.29, 1.82) is 0 Å². The van der Waals surface area contributed by atoms with E-state index in [-0.39, 0.29) is 0 Å². The van der Waals surface area contributed by atoms with E-state index in [0.29, 0.717) is 0 Å². The molecule has 0 radical (unpaired) electrons. The number of rotatable bonds is 5. The second-order valence-electron chi connectivity index (χ2n) is 5.27. The smallest absolute Gasteiger partial charge is 0.191 e. The van der Waals surface area contributed by atoms with Crippen LogP contribution in [0, 0.1) is 6.92 Å². The van der Waals surface area contributed by atoms with Crippen molar-refractivity contribution in [1.82, 2.24) is 15.5 Å². The zero-order chi connectivity index (χ0) is 14.2. The molecule has 0 spiro atoms. The lowest BCUT2D eigenvalue weighted by Crippen LogP contribution is -2.42. The Morgan fingerprint density at radius 1 is 1.25 bits per heavy atom. The van der Waals surface area contributed by atoms with E-state index in [9.17, 15) is 0 Å². The molecule has 0 amide bonds. The molecule has 0 bridgehead atoms. The lowest BCUT2D eigenvalue weighted by atomic mass is 10.1. The van der Waals surface area contributed by atoms with Crippen LogP contribution < -0.4 is 10.6 Å². The second kappa shape index (κ2) is 8.27. The molecular formula is C15H26N4S. The van der Waals surface area contributed by atoms with E-state index in [4.69, 9.17) is 0 Å². The van der Waals surface area contributed by atoms with E-state index in [1.54, 1.807) is 0 Å². The minimum atomic E-state index is 0.849. The fraction of sp³-hybridized carbons (Fsp3) is 0.667. The Morgan fingerprint density at radius 2 is 2.05 bits per heavy atom. The number of hydrogen-bond donors (Lipinski definition) is 2. The highest BCUT2D eigenvalue weighted by atomic mass is 32.1. The van der Waals surface area contributed by atoms with E-state index in [0.717, 1.165) is 25.6 Å². The summed E-state index contributed by atoms with van der Waals surface area (Å²) in [5, 5.41) is 6.76. The first-order valence-electron chi connectivity index (χ1n) is 7.50. The SMILES string of the molecule is CN=C(NCCN1CCCCC1)NCc1ccc(C)s1. The number of piperidine rings is 1. The van der Waals surface area contributed by atoms with Gasteiger partial charge in [-0.05, 0) is 45.0 Å². The van der Waals surface area contributed by atoms with Gasteiger partial charge in [0.1, 0.15) is 0 Å². The van der Waals surface area contributed by atoms with Crippen LogP contribution in [0.2, 0.25) is 0 Å². The van der Waals surface area contributed by atoms with Gasteiger partial charge in [0.15, 0.2) is 5.96 Å². The number of aryl methyl sites for hydroxylation is 1. The van der Waals surface area contributed by atoms with Gasteiger partial charge in [-0.25, -0.2) is 0 Å². The largest absolute Gasteiger partial charge is 0.355 e. The van der Waals surface area contributed by atoms with Crippen LogP contribution in [0.5, 0.6) is 0 Å². The number of likely N-dealkylation sites (tertiary alicyclic amines) is 1. The third kappa shape index (κ3) is 5.13. The zero-order valence-electron chi connectivity index (χ0n) is 12.6. The summed E-state index contributed by atoms with van der Waals surface area (Å²) < 4.78 is 0. The van der Waals surface area contributed by atoms with Crippen LogP contribution in [0.15, 0.2) is 17.1 Å². The van der Waals surface area contributed by atoms with Crippen LogP contribution >= 0.6 is 11.3 Å². The van der Waals surface area contributed by atoms with Crippen molar-refractivity contribution in [3.05, 3.63) is 21.9 Å². The van der Waals surface area contributed by atoms with Crippen LogP contribution in [0.4, 0.5) is 0 Å². The summed E-state index contributed by atoms with van der Waals surface area (Å²) >= 11 is 1.83. The zero-order valence-corrected chi connectivity index (χ0v) is 13.4. The van der Waals surface area contributed by atoms with Gasteiger partial charge in [-0.1, -0.05) is 6.42 Å². The minimum Gasteiger partial charge on any atom is -0.355 e. The molecule has 0 aromatic carbocycles. The number of nitrogens with zero attached hydrogens (tertiary/aromatic N) is 2. The maximum Gasteiger partial charge on any atom is 0.191 e. The Morgan fingerprint density at radius 3 is 2.70 bits per heavy atom. The predicted molar refractivity (Wildman–Crippen MR) is 87.5 cm³/mol. The molecule has 1 aliphatic heterocycles. The molecule has 5 heteroatoms. The Kier molecular flexibility index (Phi) is 6.33. The van der Waals surface area contributed by atoms with Crippen molar-refractivity contribution in [3.63, 3.8) is 0 Å².